The van der Waals surface area contributed by atoms with Crippen LogP contribution in [0.3, 0.4) is 0 Å². The SMILES string of the molecule is CC(C)CN(C[C@H]1OC(C)(C)N(C(=O)O[C@H]2CO[C@H]3OCC[C@H]32)[C@H]1Cc1ccc(OCc2ccc(C#N)cc2)cc1)S(=O)(=O)c1ccc2c(c1)OCO2. The van der Waals surface area contributed by atoms with Crippen molar-refractivity contribution in [3.8, 4) is 23.3 Å². The summed E-state index contributed by atoms with van der Waals surface area (Å²) in [6.45, 7) is 8.87. The van der Waals surface area contributed by atoms with E-state index < -0.39 is 40.1 Å². The van der Waals surface area contributed by atoms with Crippen LogP contribution in [0, 0.1) is 23.2 Å². The second-order valence-corrected chi connectivity index (χ2v) is 16.6. The van der Waals surface area contributed by atoms with Crippen molar-refractivity contribution in [3.05, 3.63) is 83.4 Å². The molecule has 0 bridgehead atoms. The van der Waals surface area contributed by atoms with Gasteiger partial charge in [-0.15, -0.1) is 0 Å². The Balaban J connectivity index is 1.14. The molecule has 0 N–H and O–H groups in total. The van der Waals surface area contributed by atoms with Gasteiger partial charge in [-0.05, 0) is 80.1 Å². The number of sulfonamides is 1. The molecule has 0 unspecified atom stereocenters. The van der Waals surface area contributed by atoms with E-state index >= 15 is 0 Å². The highest BCUT2D eigenvalue weighted by atomic mass is 32.2. The van der Waals surface area contributed by atoms with Gasteiger partial charge in [-0.2, -0.15) is 9.57 Å². The summed E-state index contributed by atoms with van der Waals surface area (Å²) in [5, 5.41) is 9.08. The maximum absolute atomic E-state index is 14.3. The van der Waals surface area contributed by atoms with Gasteiger partial charge in [0, 0.05) is 19.2 Å². The number of carbonyl (C=O) groups is 1. The van der Waals surface area contributed by atoms with Crippen LogP contribution >= 0.6 is 0 Å². The second-order valence-electron chi connectivity index (χ2n) is 14.7. The largest absolute Gasteiger partial charge is 0.489 e. The van der Waals surface area contributed by atoms with Gasteiger partial charge in [-0.1, -0.05) is 38.1 Å². The van der Waals surface area contributed by atoms with Gasteiger partial charge in [0.25, 0.3) is 0 Å². The monoisotopic (exact) mass is 747 g/mol. The molecule has 4 aliphatic rings. The van der Waals surface area contributed by atoms with Crippen molar-refractivity contribution in [3.63, 3.8) is 0 Å². The molecular weight excluding hydrogens is 703 g/mol. The first-order chi connectivity index (χ1) is 25.4. The van der Waals surface area contributed by atoms with E-state index in [-0.39, 0.29) is 49.5 Å². The van der Waals surface area contributed by atoms with Crippen LogP contribution in [0.2, 0.25) is 0 Å². The van der Waals surface area contributed by atoms with Crippen LogP contribution in [0.1, 0.15) is 50.8 Å². The van der Waals surface area contributed by atoms with Gasteiger partial charge in [-0.25, -0.2) is 13.2 Å². The number of nitrogens with zero attached hydrogens (tertiary/aromatic N) is 3. The zero-order chi connectivity index (χ0) is 37.3. The van der Waals surface area contributed by atoms with Crippen molar-refractivity contribution in [2.45, 2.75) is 82.3 Å². The van der Waals surface area contributed by atoms with Crippen molar-refractivity contribution in [1.29, 1.82) is 5.26 Å². The molecule has 3 fully saturated rings. The van der Waals surface area contributed by atoms with Crippen LogP contribution in [0.25, 0.3) is 0 Å². The topological polar surface area (TPSA) is 146 Å². The lowest BCUT2D eigenvalue weighted by Gasteiger charge is -2.34. The minimum absolute atomic E-state index is 0.00603. The van der Waals surface area contributed by atoms with E-state index in [1.54, 1.807) is 36.9 Å². The van der Waals surface area contributed by atoms with E-state index in [0.29, 0.717) is 42.4 Å². The number of fused-ring (bicyclic) bond motifs is 2. The number of ether oxygens (including phenoxy) is 7. The number of rotatable bonds is 12. The van der Waals surface area contributed by atoms with Gasteiger partial charge in [-0.3, -0.25) is 4.90 Å². The zero-order valence-electron chi connectivity index (χ0n) is 30.3. The highest BCUT2D eigenvalue weighted by Gasteiger charge is 2.53. The third-order valence-electron chi connectivity index (χ3n) is 10.0. The van der Waals surface area contributed by atoms with E-state index in [9.17, 15) is 13.2 Å². The maximum atomic E-state index is 14.3. The van der Waals surface area contributed by atoms with E-state index in [1.807, 2.05) is 50.2 Å². The number of carbonyl (C=O) groups excluding carboxylic acids is 1. The number of nitriles is 1. The highest BCUT2D eigenvalue weighted by molar-refractivity contribution is 7.89. The van der Waals surface area contributed by atoms with E-state index in [4.69, 9.17) is 38.4 Å². The maximum Gasteiger partial charge on any atom is 0.412 e. The van der Waals surface area contributed by atoms with E-state index in [2.05, 4.69) is 6.07 Å². The van der Waals surface area contributed by atoms with Gasteiger partial charge >= 0.3 is 6.09 Å². The normalized spacial score (nSPS) is 24.4. The third-order valence-corrected chi connectivity index (χ3v) is 11.8. The molecule has 282 valence electrons. The molecule has 14 heteroatoms. The summed E-state index contributed by atoms with van der Waals surface area (Å²) in [6, 6.07) is 20.9. The summed E-state index contributed by atoms with van der Waals surface area (Å²) in [5.41, 5.74) is 1.28. The molecule has 3 saturated heterocycles. The average molecular weight is 748 g/mol. The summed E-state index contributed by atoms with van der Waals surface area (Å²) < 4.78 is 71.1. The van der Waals surface area contributed by atoms with E-state index in [1.165, 1.54) is 16.4 Å². The third kappa shape index (κ3) is 7.95. The summed E-state index contributed by atoms with van der Waals surface area (Å²) >= 11 is 0. The van der Waals surface area contributed by atoms with Crippen molar-refractivity contribution in [1.82, 2.24) is 9.21 Å². The fraction of sp³-hybridized carbons (Fsp3) is 0.487. The molecule has 7 rings (SSSR count). The molecule has 3 aromatic carbocycles. The van der Waals surface area contributed by atoms with E-state index in [0.717, 1.165) is 17.5 Å². The van der Waals surface area contributed by atoms with Gasteiger partial charge in [0.1, 0.15) is 24.2 Å². The van der Waals surface area contributed by atoms with Crippen LogP contribution in [-0.2, 0) is 42.0 Å². The predicted molar refractivity (Wildman–Crippen MR) is 190 cm³/mol. The molecule has 5 atom stereocenters. The van der Waals surface area contributed by atoms with Gasteiger partial charge < -0.3 is 33.2 Å². The number of amides is 1. The number of hydrogen-bond acceptors (Lipinski definition) is 11. The molecule has 0 radical (unpaired) electrons. The molecule has 0 aliphatic carbocycles. The molecule has 4 heterocycles. The molecular formula is C39H45N3O10S. The Labute approximate surface area is 310 Å². The summed E-state index contributed by atoms with van der Waals surface area (Å²) in [4.78, 5) is 15.9. The molecule has 0 aromatic heterocycles. The molecule has 13 nitrogen and oxygen atoms in total. The molecule has 4 aliphatic heterocycles. The smallest absolute Gasteiger partial charge is 0.412 e. The predicted octanol–water partition coefficient (Wildman–Crippen LogP) is 5.46. The van der Waals surface area contributed by atoms with Crippen molar-refractivity contribution in [2.75, 3.05) is 33.1 Å². The molecule has 0 saturated carbocycles. The highest BCUT2D eigenvalue weighted by Crippen LogP contribution is 2.40. The van der Waals surface area contributed by atoms with Crippen molar-refractivity contribution < 1.29 is 46.4 Å². The Hall–Kier alpha value is -4.39. The Morgan fingerprint density at radius 1 is 1.02 bits per heavy atom. The quantitative estimate of drug-likeness (QED) is 0.233. The number of benzene rings is 3. The van der Waals surface area contributed by atoms with Crippen LogP contribution < -0.4 is 14.2 Å². The van der Waals surface area contributed by atoms with Gasteiger partial charge in [0.2, 0.25) is 16.8 Å². The average Bonchev–Trinajstić information content (AvgIpc) is 3.92. The van der Waals surface area contributed by atoms with Gasteiger partial charge in [0.15, 0.2) is 17.8 Å². The molecule has 53 heavy (non-hydrogen) atoms. The lowest BCUT2D eigenvalue weighted by atomic mass is 9.99. The minimum Gasteiger partial charge on any atom is -0.489 e. The second kappa shape index (κ2) is 15.2. The first-order valence-electron chi connectivity index (χ1n) is 17.9. The van der Waals surface area contributed by atoms with Crippen LogP contribution in [0.4, 0.5) is 4.79 Å². The van der Waals surface area contributed by atoms with Crippen LogP contribution in [0.15, 0.2) is 71.6 Å². The molecule has 0 spiro atoms. The Kier molecular flexibility index (Phi) is 10.6. The van der Waals surface area contributed by atoms with Crippen molar-refractivity contribution in [2.24, 2.45) is 11.8 Å². The minimum atomic E-state index is -4.02. The summed E-state index contributed by atoms with van der Waals surface area (Å²) in [6.07, 6.45) is -1.04. The zero-order valence-corrected chi connectivity index (χ0v) is 31.1. The fourth-order valence-electron chi connectivity index (χ4n) is 7.41. The van der Waals surface area contributed by atoms with Gasteiger partial charge in [0.05, 0.1) is 47.8 Å². The Morgan fingerprint density at radius 2 is 1.75 bits per heavy atom. The summed E-state index contributed by atoms with van der Waals surface area (Å²) in [5.74, 6) is 1.46. The lowest BCUT2D eigenvalue weighted by molar-refractivity contribution is -0.0911. The van der Waals surface area contributed by atoms with Crippen molar-refractivity contribution >= 4 is 16.1 Å². The first kappa shape index (κ1) is 36.9. The standard InChI is InChI=1S/C39H45N3O10S/c1-25(2)20-41(53(44,45)30-13-14-33-34(18-30)50-24-49-33)21-35-32(17-26-9-11-29(12-10-26)47-22-28-7-5-27(19-40)6-8-28)42(39(3,4)52-35)38(43)51-36-23-48-37-31(36)15-16-46-37/h5-14,18,25,31-32,35-37H,15-17,20-24H2,1-4H3/t31-,32-,35+,36-,37+/m0/s1. The Morgan fingerprint density at radius 3 is 2.49 bits per heavy atom. The lowest BCUT2D eigenvalue weighted by Crippen LogP contribution is -2.51. The van der Waals surface area contributed by atoms with Crippen LogP contribution in [0.5, 0.6) is 17.2 Å². The molecule has 1 amide bonds. The molecule has 3 aromatic rings. The Bertz CT molecular complexity index is 1930. The first-order valence-corrected chi connectivity index (χ1v) is 19.4. The fourth-order valence-corrected chi connectivity index (χ4v) is 9.04. The van der Waals surface area contributed by atoms with Crippen LogP contribution in [-0.4, -0.2) is 87.1 Å². The number of hydrogen-bond donors (Lipinski definition) is 0. The summed E-state index contributed by atoms with van der Waals surface area (Å²) in [7, 11) is -4.02.